The molecular formula is C15H14ClO. The summed E-state index contributed by atoms with van der Waals surface area (Å²) in [6, 6.07) is 15.9. The molecule has 0 amide bonds. The maximum absolute atomic E-state index is 8.83. The molecule has 87 valence electrons. The lowest BCUT2D eigenvalue weighted by molar-refractivity contribution is 0.299. The summed E-state index contributed by atoms with van der Waals surface area (Å²) < 4.78 is 0. The third kappa shape index (κ3) is 3.58. The normalized spacial score (nSPS) is 10.5. The molecule has 0 spiro atoms. The zero-order valence-electron chi connectivity index (χ0n) is 9.44. The van der Waals surface area contributed by atoms with Gasteiger partial charge >= 0.3 is 0 Å². The predicted molar refractivity (Wildman–Crippen MR) is 71.2 cm³/mol. The lowest BCUT2D eigenvalue weighted by atomic mass is 10.0. The Bertz CT molecular complexity index is 459. The number of halogens is 1. The van der Waals surface area contributed by atoms with Crippen molar-refractivity contribution in [1.82, 2.24) is 0 Å². The number of benzene rings is 2. The van der Waals surface area contributed by atoms with Crippen molar-refractivity contribution in [3.63, 3.8) is 0 Å². The molecule has 0 saturated carbocycles. The molecule has 2 aromatic carbocycles. The average molecular weight is 246 g/mol. The highest BCUT2D eigenvalue weighted by atomic mass is 35.5. The minimum Gasteiger partial charge on any atom is -0.396 e. The maximum Gasteiger partial charge on any atom is 0.0471 e. The van der Waals surface area contributed by atoms with E-state index in [-0.39, 0.29) is 6.61 Å². The average Bonchev–Trinajstić information content (AvgIpc) is 2.35. The van der Waals surface area contributed by atoms with Gasteiger partial charge in [-0.15, -0.1) is 0 Å². The van der Waals surface area contributed by atoms with E-state index in [0.717, 1.165) is 21.7 Å². The molecule has 0 heterocycles. The van der Waals surface area contributed by atoms with E-state index < -0.39 is 0 Å². The lowest BCUT2D eigenvalue weighted by Gasteiger charge is -2.03. The molecule has 0 aliphatic carbocycles. The fourth-order valence-corrected chi connectivity index (χ4v) is 1.79. The van der Waals surface area contributed by atoms with Crippen molar-refractivity contribution in [3.8, 4) is 0 Å². The van der Waals surface area contributed by atoms with Gasteiger partial charge in [0, 0.05) is 18.1 Å². The number of hydrogen-bond acceptors (Lipinski definition) is 1. The number of rotatable bonds is 4. The second-order valence-corrected chi connectivity index (χ2v) is 4.35. The zero-order chi connectivity index (χ0) is 12.1. The van der Waals surface area contributed by atoms with Crippen LogP contribution in [-0.4, -0.2) is 11.7 Å². The van der Waals surface area contributed by atoms with Crippen LogP contribution in [0.5, 0.6) is 0 Å². The molecule has 2 aromatic rings. The molecular weight excluding hydrogens is 232 g/mol. The topological polar surface area (TPSA) is 20.2 Å². The third-order valence-corrected chi connectivity index (χ3v) is 2.84. The van der Waals surface area contributed by atoms with Gasteiger partial charge in [0.1, 0.15) is 0 Å². The van der Waals surface area contributed by atoms with Gasteiger partial charge in [-0.3, -0.25) is 0 Å². The Labute approximate surface area is 107 Å². The van der Waals surface area contributed by atoms with Crippen LogP contribution in [0.25, 0.3) is 0 Å². The maximum atomic E-state index is 8.83. The van der Waals surface area contributed by atoms with Gasteiger partial charge in [-0.25, -0.2) is 0 Å². The predicted octanol–water partition coefficient (Wildman–Crippen LogP) is 3.48. The van der Waals surface area contributed by atoms with Crippen molar-refractivity contribution in [1.29, 1.82) is 0 Å². The van der Waals surface area contributed by atoms with E-state index in [4.69, 9.17) is 16.7 Å². The molecule has 1 nitrogen and oxygen atoms in total. The zero-order valence-corrected chi connectivity index (χ0v) is 10.2. The summed E-state index contributed by atoms with van der Waals surface area (Å²) in [5, 5.41) is 9.58. The Morgan fingerprint density at radius 3 is 1.94 bits per heavy atom. The Morgan fingerprint density at radius 1 is 0.882 bits per heavy atom. The number of aliphatic hydroxyl groups is 1. The molecule has 0 aliphatic heterocycles. The highest BCUT2D eigenvalue weighted by Gasteiger charge is 1.98. The monoisotopic (exact) mass is 245 g/mol. The fourth-order valence-electron chi connectivity index (χ4n) is 1.66. The summed E-state index contributed by atoms with van der Waals surface area (Å²) in [4.78, 5) is 0. The van der Waals surface area contributed by atoms with Gasteiger partial charge in [-0.05, 0) is 35.2 Å². The molecule has 1 N–H and O–H groups in total. The molecule has 2 rings (SSSR count). The molecule has 1 radical (unpaired) electrons. The van der Waals surface area contributed by atoms with Gasteiger partial charge in [0.25, 0.3) is 0 Å². The summed E-state index contributed by atoms with van der Waals surface area (Å²) >= 11 is 5.83. The fraction of sp³-hybridized carbons (Fsp3) is 0.133. The third-order valence-electron chi connectivity index (χ3n) is 2.58. The molecule has 2 heteroatoms. The van der Waals surface area contributed by atoms with E-state index in [0.29, 0.717) is 6.42 Å². The molecule has 0 aromatic heterocycles. The second-order valence-electron chi connectivity index (χ2n) is 3.91. The number of hydrogen-bond donors (Lipinski definition) is 1. The first-order valence-electron chi connectivity index (χ1n) is 5.58. The first-order chi connectivity index (χ1) is 8.28. The van der Waals surface area contributed by atoms with E-state index in [1.807, 2.05) is 36.4 Å². The lowest BCUT2D eigenvalue weighted by Crippen LogP contribution is -1.91. The van der Waals surface area contributed by atoms with Crippen molar-refractivity contribution in [2.24, 2.45) is 0 Å². The smallest absolute Gasteiger partial charge is 0.0471 e. The van der Waals surface area contributed by atoms with Crippen LogP contribution in [0.4, 0.5) is 0 Å². The highest BCUT2D eigenvalue weighted by Crippen LogP contribution is 2.16. The highest BCUT2D eigenvalue weighted by molar-refractivity contribution is 6.30. The standard InChI is InChI=1S/C15H14ClO/c16-15-7-5-14(6-8-15)11-13-3-1-12(2-4-13)9-10-17/h1-8,11,17H,9-10H2. The summed E-state index contributed by atoms with van der Waals surface area (Å²) in [7, 11) is 0. The van der Waals surface area contributed by atoms with Crippen LogP contribution in [0.15, 0.2) is 48.5 Å². The minimum atomic E-state index is 0.195. The Kier molecular flexibility index (Phi) is 4.18. The minimum absolute atomic E-state index is 0.195. The molecule has 0 bridgehead atoms. The van der Waals surface area contributed by atoms with Crippen LogP contribution < -0.4 is 0 Å². The molecule has 0 unspecified atom stereocenters. The Hall–Kier alpha value is -1.31. The van der Waals surface area contributed by atoms with E-state index in [1.54, 1.807) is 0 Å². The van der Waals surface area contributed by atoms with Gasteiger partial charge in [-0.2, -0.15) is 0 Å². The summed E-state index contributed by atoms with van der Waals surface area (Å²) in [5.41, 5.74) is 3.43. The summed E-state index contributed by atoms with van der Waals surface area (Å²) in [5.74, 6) is 0. The quantitative estimate of drug-likeness (QED) is 0.875. The Balaban J connectivity index is 2.05. The van der Waals surface area contributed by atoms with E-state index in [9.17, 15) is 0 Å². The van der Waals surface area contributed by atoms with Crippen LogP contribution >= 0.6 is 11.6 Å². The molecule has 0 atom stereocenters. The van der Waals surface area contributed by atoms with Gasteiger partial charge < -0.3 is 5.11 Å². The van der Waals surface area contributed by atoms with Gasteiger partial charge in [0.2, 0.25) is 0 Å². The van der Waals surface area contributed by atoms with Crippen molar-refractivity contribution >= 4 is 11.6 Å². The van der Waals surface area contributed by atoms with Gasteiger partial charge in [0.05, 0.1) is 0 Å². The summed E-state index contributed by atoms with van der Waals surface area (Å²) in [6.45, 7) is 0.195. The van der Waals surface area contributed by atoms with Gasteiger partial charge in [-0.1, -0.05) is 48.0 Å². The first-order valence-corrected chi connectivity index (χ1v) is 5.96. The summed E-state index contributed by atoms with van der Waals surface area (Å²) in [6.07, 6.45) is 2.81. The molecule has 0 aliphatic rings. The largest absolute Gasteiger partial charge is 0.396 e. The first kappa shape index (κ1) is 12.2. The van der Waals surface area contributed by atoms with Crippen molar-refractivity contribution in [2.75, 3.05) is 6.61 Å². The SMILES string of the molecule is OCCc1ccc([CH]c2ccc(Cl)cc2)cc1. The second kappa shape index (κ2) is 5.85. The van der Waals surface area contributed by atoms with Crippen LogP contribution in [0.1, 0.15) is 16.7 Å². The Morgan fingerprint density at radius 2 is 1.41 bits per heavy atom. The molecule has 0 saturated heterocycles. The van der Waals surface area contributed by atoms with E-state index in [2.05, 4.69) is 18.6 Å². The van der Waals surface area contributed by atoms with Crippen LogP contribution in [-0.2, 0) is 6.42 Å². The van der Waals surface area contributed by atoms with E-state index in [1.165, 1.54) is 0 Å². The van der Waals surface area contributed by atoms with Crippen molar-refractivity contribution in [2.45, 2.75) is 6.42 Å². The van der Waals surface area contributed by atoms with Crippen molar-refractivity contribution < 1.29 is 5.11 Å². The number of aliphatic hydroxyl groups excluding tert-OH is 1. The van der Waals surface area contributed by atoms with Crippen LogP contribution in [0.2, 0.25) is 5.02 Å². The van der Waals surface area contributed by atoms with Gasteiger partial charge in [0.15, 0.2) is 0 Å². The molecule has 0 fully saturated rings. The van der Waals surface area contributed by atoms with Crippen molar-refractivity contribution in [3.05, 3.63) is 76.7 Å². The van der Waals surface area contributed by atoms with Crippen LogP contribution in [0.3, 0.4) is 0 Å². The van der Waals surface area contributed by atoms with E-state index >= 15 is 0 Å². The van der Waals surface area contributed by atoms with Crippen LogP contribution in [0, 0.1) is 6.42 Å². The molecule has 17 heavy (non-hydrogen) atoms.